The van der Waals surface area contributed by atoms with Crippen LogP contribution in [0.5, 0.6) is 0 Å². The maximum atomic E-state index is 12.6. The molecule has 1 fully saturated rings. The van der Waals surface area contributed by atoms with Crippen molar-refractivity contribution >= 4 is 11.7 Å². The van der Waals surface area contributed by atoms with Crippen molar-refractivity contribution in [3.8, 4) is 0 Å². The summed E-state index contributed by atoms with van der Waals surface area (Å²) in [6.07, 6.45) is 2.25. The van der Waals surface area contributed by atoms with Gasteiger partial charge in [0.2, 0.25) is 5.91 Å². The van der Waals surface area contributed by atoms with Crippen LogP contribution in [0.1, 0.15) is 37.9 Å². The Morgan fingerprint density at radius 3 is 2.75 bits per heavy atom. The van der Waals surface area contributed by atoms with Crippen LogP contribution in [-0.2, 0) is 4.79 Å². The van der Waals surface area contributed by atoms with E-state index in [0.29, 0.717) is 11.7 Å². The summed E-state index contributed by atoms with van der Waals surface area (Å²) in [5, 5.41) is 6.37. The zero-order valence-electron chi connectivity index (χ0n) is 12.9. The lowest BCUT2D eigenvalue weighted by molar-refractivity contribution is -0.127. The molecule has 0 radical (unpaired) electrons. The number of hydrogen-bond acceptors (Lipinski definition) is 3. The van der Waals surface area contributed by atoms with Crippen molar-refractivity contribution in [3.63, 3.8) is 0 Å². The minimum Gasteiger partial charge on any atom is -0.316 e. The van der Waals surface area contributed by atoms with Crippen molar-refractivity contribution in [2.75, 3.05) is 18.4 Å². The van der Waals surface area contributed by atoms with Gasteiger partial charge in [0.15, 0.2) is 0 Å². The Balaban J connectivity index is 2.09. The third kappa shape index (κ3) is 3.37. The molecule has 1 aliphatic heterocycles. The second kappa shape index (κ2) is 5.92. The number of piperidine rings is 1. The lowest BCUT2D eigenvalue weighted by Crippen LogP contribution is -2.44. The largest absolute Gasteiger partial charge is 0.316 e. The molecule has 4 nitrogen and oxygen atoms in total. The molecule has 1 amide bonds. The van der Waals surface area contributed by atoms with E-state index in [2.05, 4.69) is 15.6 Å². The zero-order valence-corrected chi connectivity index (χ0v) is 12.9. The number of anilines is 1. The first kappa shape index (κ1) is 15.0. The molecule has 20 heavy (non-hydrogen) atoms. The minimum atomic E-state index is -0.382. The van der Waals surface area contributed by atoms with Crippen LogP contribution in [0.3, 0.4) is 0 Å². The Morgan fingerprint density at radius 2 is 2.15 bits per heavy atom. The first-order chi connectivity index (χ1) is 9.39. The minimum absolute atomic E-state index is 0.0590. The number of carbonyl (C=O) groups is 1. The van der Waals surface area contributed by atoms with E-state index in [-0.39, 0.29) is 11.3 Å². The second-order valence-corrected chi connectivity index (χ2v) is 6.39. The van der Waals surface area contributed by atoms with Gasteiger partial charge in [0.1, 0.15) is 5.82 Å². The number of aryl methyl sites for hydroxylation is 2. The molecule has 2 rings (SSSR count). The molecule has 2 heterocycles. The summed E-state index contributed by atoms with van der Waals surface area (Å²) in [7, 11) is 0. The quantitative estimate of drug-likeness (QED) is 0.891. The van der Waals surface area contributed by atoms with E-state index in [1.54, 1.807) is 0 Å². The monoisotopic (exact) mass is 275 g/mol. The fourth-order valence-electron chi connectivity index (χ4n) is 2.84. The van der Waals surface area contributed by atoms with Crippen LogP contribution >= 0.6 is 0 Å². The number of pyridine rings is 1. The standard InChI is InChI=1S/C16H25N3O/c1-11-8-12(2)18-14(9-11)19-15(20)16(3,4)13-6-5-7-17-10-13/h8-9,13,17H,5-7,10H2,1-4H3,(H,18,19,20). The third-order valence-corrected chi connectivity index (χ3v) is 4.24. The normalized spacial score (nSPS) is 19.7. The molecule has 0 aliphatic carbocycles. The third-order valence-electron chi connectivity index (χ3n) is 4.24. The van der Waals surface area contributed by atoms with Gasteiger partial charge in [-0.2, -0.15) is 0 Å². The Bertz CT molecular complexity index is 470. The fraction of sp³-hybridized carbons (Fsp3) is 0.625. The molecule has 1 aromatic rings. The average Bonchev–Trinajstić information content (AvgIpc) is 2.38. The van der Waals surface area contributed by atoms with Gasteiger partial charge in [0.25, 0.3) is 0 Å². The molecule has 110 valence electrons. The van der Waals surface area contributed by atoms with Gasteiger partial charge in [-0.25, -0.2) is 4.98 Å². The summed E-state index contributed by atoms with van der Waals surface area (Å²) in [5.74, 6) is 1.09. The fourth-order valence-corrected chi connectivity index (χ4v) is 2.84. The molecule has 1 atom stereocenters. The van der Waals surface area contributed by atoms with Crippen LogP contribution in [-0.4, -0.2) is 24.0 Å². The van der Waals surface area contributed by atoms with E-state index in [1.165, 1.54) is 0 Å². The van der Waals surface area contributed by atoms with Gasteiger partial charge in [-0.3, -0.25) is 4.79 Å². The topological polar surface area (TPSA) is 54.0 Å². The van der Waals surface area contributed by atoms with Gasteiger partial charge in [0.05, 0.1) is 0 Å². The molecule has 0 bridgehead atoms. The maximum Gasteiger partial charge on any atom is 0.231 e. The van der Waals surface area contributed by atoms with Gasteiger partial charge < -0.3 is 10.6 Å². The number of amides is 1. The molecular weight excluding hydrogens is 250 g/mol. The molecule has 4 heteroatoms. The van der Waals surface area contributed by atoms with Crippen molar-refractivity contribution in [1.29, 1.82) is 0 Å². The molecule has 1 aliphatic rings. The van der Waals surface area contributed by atoms with Crippen molar-refractivity contribution in [3.05, 3.63) is 23.4 Å². The molecule has 0 saturated carbocycles. The van der Waals surface area contributed by atoms with Crippen LogP contribution in [0, 0.1) is 25.2 Å². The van der Waals surface area contributed by atoms with Gasteiger partial charge >= 0.3 is 0 Å². The Morgan fingerprint density at radius 1 is 1.40 bits per heavy atom. The van der Waals surface area contributed by atoms with E-state index in [1.807, 2.05) is 39.8 Å². The first-order valence-corrected chi connectivity index (χ1v) is 7.37. The molecule has 1 saturated heterocycles. The summed E-state index contributed by atoms with van der Waals surface area (Å²) in [6.45, 7) is 10.00. The molecule has 2 N–H and O–H groups in total. The highest BCUT2D eigenvalue weighted by atomic mass is 16.2. The van der Waals surface area contributed by atoms with Crippen LogP contribution in [0.4, 0.5) is 5.82 Å². The lowest BCUT2D eigenvalue weighted by Gasteiger charge is -2.35. The highest BCUT2D eigenvalue weighted by molar-refractivity contribution is 5.94. The van der Waals surface area contributed by atoms with E-state index in [9.17, 15) is 4.79 Å². The number of rotatable bonds is 3. The number of hydrogen-bond donors (Lipinski definition) is 2. The molecule has 1 aromatic heterocycles. The van der Waals surface area contributed by atoms with Crippen LogP contribution in [0.2, 0.25) is 0 Å². The SMILES string of the molecule is Cc1cc(C)nc(NC(=O)C(C)(C)C2CCCNC2)c1. The summed E-state index contributed by atoms with van der Waals surface area (Å²) in [5.41, 5.74) is 1.66. The predicted octanol–water partition coefficient (Wildman–Crippen LogP) is 2.66. The second-order valence-electron chi connectivity index (χ2n) is 6.39. The maximum absolute atomic E-state index is 12.6. The average molecular weight is 275 g/mol. The first-order valence-electron chi connectivity index (χ1n) is 7.37. The number of carbonyl (C=O) groups excluding carboxylic acids is 1. The lowest BCUT2D eigenvalue weighted by atomic mass is 9.74. The van der Waals surface area contributed by atoms with Crippen molar-refractivity contribution in [2.45, 2.75) is 40.5 Å². The number of aromatic nitrogens is 1. The molecule has 0 spiro atoms. The van der Waals surface area contributed by atoms with Gasteiger partial charge in [-0.05, 0) is 63.4 Å². The van der Waals surface area contributed by atoms with Gasteiger partial charge in [0, 0.05) is 11.1 Å². The van der Waals surface area contributed by atoms with Crippen molar-refractivity contribution < 1.29 is 4.79 Å². The van der Waals surface area contributed by atoms with Crippen LogP contribution in [0.15, 0.2) is 12.1 Å². The van der Waals surface area contributed by atoms with Gasteiger partial charge in [-0.15, -0.1) is 0 Å². The van der Waals surface area contributed by atoms with E-state index < -0.39 is 0 Å². The Hall–Kier alpha value is -1.42. The highest BCUT2D eigenvalue weighted by Gasteiger charge is 2.37. The molecular formula is C16H25N3O. The molecule has 1 unspecified atom stereocenters. The smallest absolute Gasteiger partial charge is 0.231 e. The Labute approximate surface area is 121 Å². The van der Waals surface area contributed by atoms with E-state index >= 15 is 0 Å². The zero-order chi connectivity index (χ0) is 14.8. The van der Waals surface area contributed by atoms with Crippen LogP contribution in [0.25, 0.3) is 0 Å². The van der Waals surface area contributed by atoms with E-state index in [4.69, 9.17) is 0 Å². The van der Waals surface area contributed by atoms with E-state index in [0.717, 1.165) is 37.2 Å². The predicted molar refractivity (Wildman–Crippen MR) is 81.7 cm³/mol. The van der Waals surface area contributed by atoms with Crippen LogP contribution < -0.4 is 10.6 Å². The van der Waals surface area contributed by atoms with Crippen molar-refractivity contribution in [2.24, 2.45) is 11.3 Å². The highest BCUT2D eigenvalue weighted by Crippen LogP contribution is 2.32. The Kier molecular flexibility index (Phi) is 4.43. The van der Waals surface area contributed by atoms with Gasteiger partial charge in [-0.1, -0.05) is 13.8 Å². The van der Waals surface area contributed by atoms with Crippen molar-refractivity contribution in [1.82, 2.24) is 10.3 Å². The summed E-state index contributed by atoms with van der Waals surface area (Å²) >= 11 is 0. The number of nitrogens with one attached hydrogen (secondary N) is 2. The summed E-state index contributed by atoms with van der Waals surface area (Å²) in [6, 6.07) is 3.92. The number of nitrogens with zero attached hydrogens (tertiary/aromatic N) is 1. The molecule has 0 aromatic carbocycles. The summed E-state index contributed by atoms with van der Waals surface area (Å²) < 4.78 is 0. The summed E-state index contributed by atoms with van der Waals surface area (Å²) in [4.78, 5) is 17.0.